The Balaban J connectivity index is 3.05. The van der Waals surface area contributed by atoms with Gasteiger partial charge in [-0.05, 0) is 37.1 Å². The van der Waals surface area contributed by atoms with E-state index in [1.807, 2.05) is 13.0 Å². The summed E-state index contributed by atoms with van der Waals surface area (Å²) >= 11 is 0. The van der Waals surface area contributed by atoms with E-state index in [1.165, 1.54) is 11.1 Å². The molecular formula is C15H18O. The molecule has 0 aliphatic carbocycles. The van der Waals surface area contributed by atoms with Crippen molar-refractivity contribution >= 4 is 5.57 Å². The van der Waals surface area contributed by atoms with E-state index in [-0.39, 0.29) is 0 Å². The molecule has 0 aliphatic heterocycles. The van der Waals surface area contributed by atoms with Crippen LogP contribution < -0.4 is 0 Å². The fraction of sp³-hybridized carbons (Fsp3) is 0.200. The summed E-state index contributed by atoms with van der Waals surface area (Å²) in [4.78, 5) is 0. The maximum absolute atomic E-state index is 5.18. The Hall–Kier alpha value is -1.76. The Labute approximate surface area is 97.8 Å². The zero-order valence-electron chi connectivity index (χ0n) is 10.2. The highest BCUT2D eigenvalue weighted by Gasteiger charge is 1.98. The lowest BCUT2D eigenvalue weighted by Crippen LogP contribution is -1.86. The summed E-state index contributed by atoms with van der Waals surface area (Å²) in [7, 11) is 1.65. The van der Waals surface area contributed by atoms with Crippen LogP contribution in [0.25, 0.3) is 5.57 Å². The number of methoxy groups -OCH3 is 1. The fourth-order valence-corrected chi connectivity index (χ4v) is 1.43. The molecule has 0 bridgehead atoms. The monoisotopic (exact) mass is 214 g/mol. The van der Waals surface area contributed by atoms with Crippen molar-refractivity contribution in [3.8, 4) is 0 Å². The van der Waals surface area contributed by atoms with Crippen LogP contribution in [-0.2, 0) is 4.74 Å². The van der Waals surface area contributed by atoms with Gasteiger partial charge in [-0.2, -0.15) is 0 Å². The van der Waals surface area contributed by atoms with Crippen LogP contribution in [0.1, 0.15) is 18.1 Å². The van der Waals surface area contributed by atoms with Gasteiger partial charge in [-0.3, -0.25) is 0 Å². The van der Waals surface area contributed by atoms with Crippen molar-refractivity contribution in [2.75, 3.05) is 7.11 Å². The first-order valence-electron chi connectivity index (χ1n) is 5.32. The zero-order chi connectivity index (χ0) is 12.0. The summed E-state index contributed by atoms with van der Waals surface area (Å²) in [5, 5.41) is 0. The van der Waals surface area contributed by atoms with Crippen LogP contribution in [0.2, 0.25) is 0 Å². The lowest BCUT2D eigenvalue weighted by atomic mass is 10.0. The molecule has 0 heterocycles. The Morgan fingerprint density at radius 2 is 1.88 bits per heavy atom. The zero-order valence-corrected chi connectivity index (χ0v) is 10.2. The lowest BCUT2D eigenvalue weighted by Gasteiger charge is -2.05. The summed E-state index contributed by atoms with van der Waals surface area (Å²) in [6, 6.07) is 8.43. The average molecular weight is 214 g/mol. The third kappa shape index (κ3) is 3.13. The molecule has 84 valence electrons. The molecule has 0 fully saturated rings. The van der Waals surface area contributed by atoms with Crippen molar-refractivity contribution in [3.63, 3.8) is 0 Å². The van der Waals surface area contributed by atoms with Gasteiger partial charge in [-0.25, -0.2) is 0 Å². The van der Waals surface area contributed by atoms with E-state index in [9.17, 15) is 0 Å². The van der Waals surface area contributed by atoms with Crippen molar-refractivity contribution in [2.45, 2.75) is 13.8 Å². The molecular weight excluding hydrogens is 196 g/mol. The van der Waals surface area contributed by atoms with Crippen LogP contribution >= 0.6 is 0 Å². The first kappa shape index (κ1) is 12.3. The van der Waals surface area contributed by atoms with Crippen LogP contribution in [0.15, 0.2) is 54.8 Å². The summed E-state index contributed by atoms with van der Waals surface area (Å²) in [6.07, 6.45) is 5.75. The van der Waals surface area contributed by atoms with Crippen molar-refractivity contribution in [2.24, 2.45) is 0 Å². The van der Waals surface area contributed by atoms with Gasteiger partial charge in [0, 0.05) is 0 Å². The third-order valence-corrected chi connectivity index (χ3v) is 2.43. The van der Waals surface area contributed by atoms with Gasteiger partial charge in [0.15, 0.2) is 0 Å². The molecule has 0 aliphatic rings. The van der Waals surface area contributed by atoms with E-state index in [0.717, 1.165) is 11.3 Å². The molecule has 16 heavy (non-hydrogen) atoms. The molecule has 1 nitrogen and oxygen atoms in total. The number of aryl methyl sites for hydroxylation is 1. The second-order valence-corrected chi connectivity index (χ2v) is 3.56. The summed E-state index contributed by atoms with van der Waals surface area (Å²) in [5.74, 6) is 0.772. The van der Waals surface area contributed by atoms with Crippen LogP contribution in [0.4, 0.5) is 0 Å². The van der Waals surface area contributed by atoms with E-state index >= 15 is 0 Å². The van der Waals surface area contributed by atoms with Gasteiger partial charge in [0.1, 0.15) is 5.76 Å². The van der Waals surface area contributed by atoms with Crippen molar-refractivity contribution < 1.29 is 4.74 Å². The Bertz CT molecular complexity index is 408. The normalized spacial score (nSPS) is 12.4. The molecule has 1 aromatic carbocycles. The van der Waals surface area contributed by atoms with Crippen LogP contribution in [0.3, 0.4) is 0 Å². The van der Waals surface area contributed by atoms with Gasteiger partial charge in [0.05, 0.1) is 7.11 Å². The minimum atomic E-state index is 0.772. The molecule has 0 saturated carbocycles. The number of rotatable bonds is 4. The van der Waals surface area contributed by atoms with Crippen molar-refractivity contribution in [3.05, 3.63) is 66.0 Å². The van der Waals surface area contributed by atoms with Crippen molar-refractivity contribution in [1.29, 1.82) is 0 Å². The maximum atomic E-state index is 5.18. The molecule has 0 radical (unpaired) electrons. The molecule has 0 N–H and O–H groups in total. The van der Waals surface area contributed by atoms with Crippen molar-refractivity contribution in [1.82, 2.24) is 0 Å². The first-order valence-corrected chi connectivity index (χ1v) is 5.32. The highest BCUT2D eigenvalue weighted by molar-refractivity contribution is 5.74. The molecule has 0 atom stereocenters. The topological polar surface area (TPSA) is 9.23 Å². The standard InChI is InChI=1S/C15H18O/c1-5-13(11-15(6-2)16-4)14-9-7-12(3)8-10-14/h5-11H,2H2,1,3-4H3/b13-5+,15-11+. The highest BCUT2D eigenvalue weighted by atomic mass is 16.5. The second-order valence-electron chi connectivity index (χ2n) is 3.56. The minimum absolute atomic E-state index is 0.772. The number of hydrogen-bond acceptors (Lipinski definition) is 1. The maximum Gasteiger partial charge on any atom is 0.118 e. The van der Waals surface area contributed by atoms with Gasteiger partial charge >= 0.3 is 0 Å². The van der Waals surface area contributed by atoms with Crippen LogP contribution in [-0.4, -0.2) is 7.11 Å². The quantitative estimate of drug-likeness (QED) is 0.541. The number of benzene rings is 1. The molecule has 0 saturated heterocycles. The Morgan fingerprint density at radius 3 is 2.31 bits per heavy atom. The largest absolute Gasteiger partial charge is 0.497 e. The van der Waals surface area contributed by atoms with E-state index < -0.39 is 0 Å². The summed E-state index contributed by atoms with van der Waals surface area (Å²) in [6.45, 7) is 7.81. The predicted octanol–water partition coefficient (Wildman–Crippen LogP) is 4.11. The van der Waals surface area contributed by atoms with E-state index in [2.05, 4.69) is 43.8 Å². The third-order valence-electron chi connectivity index (χ3n) is 2.43. The van der Waals surface area contributed by atoms with E-state index in [4.69, 9.17) is 4.74 Å². The predicted molar refractivity (Wildman–Crippen MR) is 70.1 cm³/mol. The molecule has 0 spiro atoms. The molecule has 0 aromatic heterocycles. The number of allylic oxidation sites excluding steroid dienone is 4. The fourth-order valence-electron chi connectivity index (χ4n) is 1.43. The summed E-state index contributed by atoms with van der Waals surface area (Å²) in [5.41, 5.74) is 3.58. The molecule has 1 heteroatoms. The molecule has 1 aromatic rings. The van der Waals surface area contributed by atoms with Gasteiger partial charge in [-0.15, -0.1) is 0 Å². The average Bonchev–Trinajstić information content (AvgIpc) is 2.32. The minimum Gasteiger partial charge on any atom is -0.497 e. The molecule has 0 unspecified atom stereocenters. The second kappa shape index (κ2) is 5.96. The van der Waals surface area contributed by atoms with E-state index in [1.54, 1.807) is 13.2 Å². The van der Waals surface area contributed by atoms with Gasteiger partial charge < -0.3 is 4.74 Å². The Kier molecular flexibility index (Phi) is 4.59. The number of hydrogen-bond donors (Lipinski definition) is 0. The molecule has 1 rings (SSSR count). The van der Waals surface area contributed by atoms with E-state index in [0.29, 0.717) is 0 Å². The lowest BCUT2D eigenvalue weighted by molar-refractivity contribution is 0.307. The van der Waals surface area contributed by atoms with Gasteiger partial charge in [-0.1, -0.05) is 42.5 Å². The van der Waals surface area contributed by atoms with Gasteiger partial charge in [0.25, 0.3) is 0 Å². The Morgan fingerprint density at radius 1 is 1.25 bits per heavy atom. The number of ether oxygens (including phenoxy) is 1. The SMILES string of the molecule is C=C/C(=C\C(=C/C)c1ccc(C)cc1)OC. The summed E-state index contributed by atoms with van der Waals surface area (Å²) < 4.78 is 5.18. The van der Waals surface area contributed by atoms with Crippen LogP contribution in [0.5, 0.6) is 0 Å². The first-order chi connectivity index (χ1) is 7.71. The molecule has 0 amide bonds. The van der Waals surface area contributed by atoms with Gasteiger partial charge in [0.2, 0.25) is 0 Å². The van der Waals surface area contributed by atoms with Crippen LogP contribution in [0, 0.1) is 6.92 Å². The smallest absolute Gasteiger partial charge is 0.118 e. The highest BCUT2D eigenvalue weighted by Crippen LogP contribution is 2.18.